The summed E-state index contributed by atoms with van der Waals surface area (Å²) in [7, 11) is 0. The molecular formula is C12H14N4O. The highest BCUT2D eigenvalue weighted by Gasteiger charge is 2.07. The Hall–Kier alpha value is -2.17. The normalized spacial score (nSPS) is 10.5. The molecule has 0 bridgehead atoms. The van der Waals surface area contributed by atoms with Crippen molar-refractivity contribution in [1.82, 2.24) is 15.5 Å². The van der Waals surface area contributed by atoms with Gasteiger partial charge in [0.05, 0.1) is 17.4 Å². The third-order valence-electron chi connectivity index (χ3n) is 2.21. The zero-order valence-corrected chi connectivity index (χ0v) is 9.77. The minimum atomic E-state index is -0.238. The van der Waals surface area contributed by atoms with Gasteiger partial charge in [0.2, 0.25) is 0 Å². The van der Waals surface area contributed by atoms with Gasteiger partial charge in [0.25, 0.3) is 0 Å². The van der Waals surface area contributed by atoms with Crippen LogP contribution in [0.4, 0.5) is 10.5 Å². The number of fused-ring (bicyclic) bond motifs is 1. The Kier molecular flexibility index (Phi) is 3.18. The predicted molar refractivity (Wildman–Crippen MR) is 66.8 cm³/mol. The summed E-state index contributed by atoms with van der Waals surface area (Å²) >= 11 is 0. The number of carbonyl (C=O) groups is 1. The Bertz CT molecular complexity index is 534. The van der Waals surface area contributed by atoms with Crippen molar-refractivity contribution in [3.63, 3.8) is 0 Å². The van der Waals surface area contributed by atoms with E-state index in [1.165, 1.54) is 0 Å². The van der Waals surface area contributed by atoms with Crippen LogP contribution in [-0.4, -0.2) is 22.3 Å². The van der Waals surface area contributed by atoms with E-state index in [0.29, 0.717) is 5.69 Å². The molecule has 0 spiro atoms. The number of amides is 2. The fraction of sp³-hybridized carbons (Fsp3) is 0.250. The fourth-order valence-corrected chi connectivity index (χ4v) is 1.53. The molecule has 2 N–H and O–H groups in total. The molecule has 0 aliphatic heterocycles. The van der Waals surface area contributed by atoms with Gasteiger partial charge in [0.1, 0.15) is 0 Å². The molecular weight excluding hydrogens is 216 g/mol. The van der Waals surface area contributed by atoms with E-state index in [2.05, 4.69) is 20.8 Å². The summed E-state index contributed by atoms with van der Waals surface area (Å²) in [4.78, 5) is 11.6. The van der Waals surface area contributed by atoms with Crippen LogP contribution in [0.2, 0.25) is 0 Å². The number of urea groups is 1. The van der Waals surface area contributed by atoms with Gasteiger partial charge in [-0.2, -0.15) is 10.2 Å². The monoisotopic (exact) mass is 230 g/mol. The molecule has 2 aromatic rings. The SMILES string of the molecule is CC(C)NC(=O)Nc1cnnc2ccccc12. The summed E-state index contributed by atoms with van der Waals surface area (Å²) < 4.78 is 0. The summed E-state index contributed by atoms with van der Waals surface area (Å²) in [5.41, 5.74) is 1.42. The molecule has 1 heterocycles. The maximum Gasteiger partial charge on any atom is 0.319 e. The minimum absolute atomic E-state index is 0.0936. The van der Waals surface area contributed by atoms with Crippen LogP contribution in [0.25, 0.3) is 10.9 Å². The van der Waals surface area contributed by atoms with Gasteiger partial charge in [-0.3, -0.25) is 0 Å². The van der Waals surface area contributed by atoms with Gasteiger partial charge in [-0.1, -0.05) is 18.2 Å². The maximum absolute atomic E-state index is 11.6. The number of nitrogens with zero attached hydrogens (tertiary/aromatic N) is 2. The molecule has 17 heavy (non-hydrogen) atoms. The topological polar surface area (TPSA) is 66.9 Å². The van der Waals surface area contributed by atoms with Crippen LogP contribution in [0.5, 0.6) is 0 Å². The van der Waals surface area contributed by atoms with Crippen molar-refractivity contribution in [2.45, 2.75) is 19.9 Å². The number of nitrogens with one attached hydrogen (secondary N) is 2. The van der Waals surface area contributed by atoms with Crippen molar-refractivity contribution >= 4 is 22.6 Å². The first-order valence-electron chi connectivity index (χ1n) is 5.45. The Morgan fingerprint density at radius 3 is 2.82 bits per heavy atom. The maximum atomic E-state index is 11.6. The van der Waals surface area contributed by atoms with Gasteiger partial charge in [0, 0.05) is 11.4 Å². The Morgan fingerprint density at radius 2 is 2.06 bits per heavy atom. The van der Waals surface area contributed by atoms with Crippen molar-refractivity contribution in [1.29, 1.82) is 0 Å². The van der Waals surface area contributed by atoms with E-state index in [1.807, 2.05) is 38.1 Å². The average molecular weight is 230 g/mol. The van der Waals surface area contributed by atoms with E-state index < -0.39 is 0 Å². The number of carbonyl (C=O) groups excluding carboxylic acids is 1. The molecule has 0 fully saturated rings. The summed E-state index contributed by atoms with van der Waals surface area (Å²) in [5.74, 6) is 0. The third-order valence-corrected chi connectivity index (χ3v) is 2.21. The van der Waals surface area contributed by atoms with Crippen LogP contribution in [0.3, 0.4) is 0 Å². The molecule has 1 aromatic carbocycles. The second kappa shape index (κ2) is 4.78. The van der Waals surface area contributed by atoms with Gasteiger partial charge in [0.15, 0.2) is 0 Å². The largest absolute Gasteiger partial charge is 0.336 e. The Labute approximate surface area is 99.2 Å². The van der Waals surface area contributed by atoms with E-state index in [-0.39, 0.29) is 12.1 Å². The van der Waals surface area contributed by atoms with Gasteiger partial charge in [-0.05, 0) is 19.9 Å². The number of anilines is 1. The Morgan fingerprint density at radius 1 is 1.29 bits per heavy atom. The number of rotatable bonds is 2. The van der Waals surface area contributed by atoms with Crippen molar-refractivity contribution < 1.29 is 4.79 Å². The molecule has 88 valence electrons. The van der Waals surface area contributed by atoms with Gasteiger partial charge >= 0.3 is 6.03 Å². The van der Waals surface area contributed by atoms with Gasteiger partial charge in [-0.15, -0.1) is 0 Å². The fourth-order valence-electron chi connectivity index (χ4n) is 1.53. The molecule has 0 aliphatic rings. The molecule has 5 nitrogen and oxygen atoms in total. The van der Waals surface area contributed by atoms with E-state index in [4.69, 9.17) is 0 Å². The van der Waals surface area contributed by atoms with Crippen LogP contribution >= 0.6 is 0 Å². The second-order valence-electron chi connectivity index (χ2n) is 4.03. The lowest BCUT2D eigenvalue weighted by molar-refractivity contribution is 0.250. The van der Waals surface area contributed by atoms with E-state index in [0.717, 1.165) is 10.9 Å². The lowest BCUT2D eigenvalue weighted by atomic mass is 10.2. The Balaban J connectivity index is 2.27. The third kappa shape index (κ3) is 2.69. The molecule has 0 saturated heterocycles. The number of hydrogen-bond acceptors (Lipinski definition) is 3. The molecule has 1 aromatic heterocycles. The first-order chi connectivity index (χ1) is 8.16. The molecule has 0 atom stereocenters. The molecule has 0 radical (unpaired) electrons. The van der Waals surface area contributed by atoms with E-state index in [9.17, 15) is 4.79 Å². The lowest BCUT2D eigenvalue weighted by Crippen LogP contribution is -2.34. The molecule has 0 unspecified atom stereocenters. The van der Waals surface area contributed by atoms with Crippen LogP contribution in [0.15, 0.2) is 30.5 Å². The van der Waals surface area contributed by atoms with Gasteiger partial charge in [-0.25, -0.2) is 4.79 Å². The lowest BCUT2D eigenvalue weighted by Gasteiger charge is -2.10. The molecule has 0 saturated carbocycles. The summed E-state index contributed by atoms with van der Waals surface area (Å²) in [6, 6.07) is 7.39. The highest BCUT2D eigenvalue weighted by molar-refractivity contribution is 5.99. The second-order valence-corrected chi connectivity index (χ2v) is 4.03. The quantitative estimate of drug-likeness (QED) is 0.830. The standard InChI is InChI=1S/C12H14N4O/c1-8(2)14-12(17)15-11-7-13-16-10-6-4-3-5-9(10)11/h3-8H,1-2H3,(H2,14,15,16,17). The number of hydrogen-bond donors (Lipinski definition) is 2. The molecule has 5 heteroatoms. The smallest absolute Gasteiger partial charge is 0.319 e. The first-order valence-corrected chi connectivity index (χ1v) is 5.45. The first kappa shape index (κ1) is 11.3. The van der Waals surface area contributed by atoms with Crippen molar-refractivity contribution in [2.24, 2.45) is 0 Å². The number of benzene rings is 1. The summed E-state index contributed by atoms with van der Waals surface area (Å²) in [5, 5.41) is 14.2. The number of aromatic nitrogens is 2. The van der Waals surface area contributed by atoms with Gasteiger partial charge < -0.3 is 10.6 Å². The molecule has 0 aliphatic carbocycles. The van der Waals surface area contributed by atoms with Crippen LogP contribution < -0.4 is 10.6 Å². The van der Waals surface area contributed by atoms with Crippen molar-refractivity contribution in [3.05, 3.63) is 30.5 Å². The van der Waals surface area contributed by atoms with E-state index >= 15 is 0 Å². The molecule has 2 rings (SSSR count). The molecule has 2 amide bonds. The van der Waals surface area contributed by atoms with Crippen LogP contribution in [-0.2, 0) is 0 Å². The van der Waals surface area contributed by atoms with Crippen molar-refractivity contribution in [3.8, 4) is 0 Å². The van der Waals surface area contributed by atoms with Crippen LogP contribution in [0, 0.1) is 0 Å². The zero-order chi connectivity index (χ0) is 12.3. The predicted octanol–water partition coefficient (Wildman–Crippen LogP) is 2.16. The minimum Gasteiger partial charge on any atom is -0.336 e. The van der Waals surface area contributed by atoms with E-state index in [1.54, 1.807) is 6.20 Å². The van der Waals surface area contributed by atoms with Crippen molar-refractivity contribution in [2.75, 3.05) is 5.32 Å². The zero-order valence-electron chi connectivity index (χ0n) is 9.77. The summed E-state index contributed by atoms with van der Waals surface area (Å²) in [6.45, 7) is 3.81. The van der Waals surface area contributed by atoms with Crippen LogP contribution in [0.1, 0.15) is 13.8 Å². The highest BCUT2D eigenvalue weighted by Crippen LogP contribution is 2.19. The average Bonchev–Trinajstić information content (AvgIpc) is 2.28. The summed E-state index contributed by atoms with van der Waals surface area (Å²) in [6.07, 6.45) is 1.54. The highest BCUT2D eigenvalue weighted by atomic mass is 16.2.